The standard InChI is InChI=1S/C48H55N7O7/c1-8-20-54(46(57)42(53-48(59)61-7)30-14-12-11-13-15-30)26-39(28(4)9-2)50-37(10-3)32-16-18-34-33(21-32)27-62-40-23-35-31(22-36(34)40)17-19-38-43(35)52-45(51-38)44-29(5)25-55(44)41(56)24-49-47(58)60-6/h10-19,21-23,29,42,44,50H,8-9,20,24-27H2,1-7H3,(H,49,58)(H,51,52)(H,53,59)/b37-10-,39-28+/t29-,42-,44?/m1/s1. The average molecular weight is 842 g/mol. The van der Waals surface area contributed by atoms with E-state index in [1.807, 2.05) is 56.3 Å². The highest BCUT2D eigenvalue weighted by atomic mass is 16.5. The number of fused-ring (bicyclic) bond motifs is 6. The summed E-state index contributed by atoms with van der Waals surface area (Å²) in [7, 11) is 2.55. The van der Waals surface area contributed by atoms with Gasteiger partial charge in [0.15, 0.2) is 0 Å². The van der Waals surface area contributed by atoms with Crippen LogP contribution in [-0.4, -0.2) is 84.2 Å². The molecule has 62 heavy (non-hydrogen) atoms. The van der Waals surface area contributed by atoms with Gasteiger partial charge in [0.1, 0.15) is 30.8 Å². The van der Waals surface area contributed by atoms with Crippen molar-refractivity contribution in [3.8, 4) is 16.9 Å². The smallest absolute Gasteiger partial charge is 0.407 e. The van der Waals surface area contributed by atoms with Gasteiger partial charge in [-0.05, 0) is 78.6 Å². The number of imidazole rings is 1. The van der Waals surface area contributed by atoms with Crippen LogP contribution in [0.15, 0.2) is 90.1 Å². The molecule has 0 radical (unpaired) electrons. The minimum Gasteiger partial charge on any atom is -0.488 e. The number of amides is 4. The maximum absolute atomic E-state index is 14.2. The number of aromatic nitrogens is 2. The van der Waals surface area contributed by atoms with Gasteiger partial charge < -0.3 is 44.9 Å². The second kappa shape index (κ2) is 18.8. The van der Waals surface area contributed by atoms with Crippen LogP contribution < -0.4 is 20.7 Å². The van der Waals surface area contributed by atoms with Crippen LogP contribution in [0.1, 0.15) is 82.1 Å². The van der Waals surface area contributed by atoms with Gasteiger partial charge in [0, 0.05) is 41.4 Å². The number of H-pyrrole nitrogens is 1. The van der Waals surface area contributed by atoms with Crippen molar-refractivity contribution in [2.24, 2.45) is 5.92 Å². The third-order valence-electron chi connectivity index (χ3n) is 11.8. The molecule has 0 saturated carbocycles. The fraction of sp³-hybridized carbons (Fsp3) is 0.354. The number of hydrogen-bond donors (Lipinski definition) is 4. The molecule has 2 aliphatic rings. The van der Waals surface area contributed by atoms with Gasteiger partial charge in [0.05, 0.1) is 37.8 Å². The molecule has 4 amide bonds. The summed E-state index contributed by atoms with van der Waals surface area (Å²) in [5, 5.41) is 10.9. The SMILES string of the molecule is C/C=C(\N/C(CN(CCC)C(=O)[C@H](NC(=O)OC)c1ccccc1)=C(\C)CC)c1ccc2c(c1)COc1cc3c(ccc4[nH]c(C5[C@H](C)CN5C(=O)CNC(=O)OC)nc43)cc1-2. The number of alkyl carbamates (subject to hydrolysis) is 2. The first-order chi connectivity index (χ1) is 30.0. The van der Waals surface area contributed by atoms with Crippen LogP contribution in [-0.2, 0) is 25.7 Å². The molecule has 3 heterocycles. The Morgan fingerprint density at radius 1 is 1.00 bits per heavy atom. The first-order valence-corrected chi connectivity index (χ1v) is 21.1. The average Bonchev–Trinajstić information content (AvgIpc) is 3.72. The Kier molecular flexibility index (Phi) is 13.1. The molecule has 1 saturated heterocycles. The van der Waals surface area contributed by atoms with Crippen molar-refractivity contribution in [3.05, 3.63) is 113 Å². The highest BCUT2D eigenvalue weighted by molar-refractivity contribution is 6.07. The number of methoxy groups -OCH3 is 2. The Bertz CT molecular complexity index is 2570. The summed E-state index contributed by atoms with van der Waals surface area (Å²) in [4.78, 5) is 63.2. The Morgan fingerprint density at radius 3 is 2.47 bits per heavy atom. The van der Waals surface area contributed by atoms with Gasteiger partial charge in [0.25, 0.3) is 0 Å². The second-order valence-electron chi connectivity index (χ2n) is 15.8. The topological polar surface area (TPSA) is 167 Å². The van der Waals surface area contributed by atoms with Gasteiger partial charge in [-0.3, -0.25) is 9.59 Å². The number of hydrogen-bond acceptors (Lipinski definition) is 9. The molecule has 2 aliphatic heterocycles. The van der Waals surface area contributed by atoms with E-state index in [-0.39, 0.29) is 30.3 Å². The first-order valence-electron chi connectivity index (χ1n) is 21.1. The van der Waals surface area contributed by atoms with Crippen LogP contribution in [0.25, 0.3) is 38.6 Å². The van der Waals surface area contributed by atoms with Gasteiger partial charge in [-0.2, -0.15) is 0 Å². The van der Waals surface area contributed by atoms with E-state index in [1.54, 1.807) is 9.80 Å². The Morgan fingerprint density at radius 2 is 1.77 bits per heavy atom. The summed E-state index contributed by atoms with van der Waals surface area (Å²) in [6.07, 6.45) is 2.22. The molecular formula is C48H55N7O7. The van der Waals surface area contributed by atoms with E-state index in [0.717, 1.165) is 79.6 Å². The maximum Gasteiger partial charge on any atom is 0.407 e. The van der Waals surface area contributed by atoms with E-state index in [9.17, 15) is 19.2 Å². The number of aromatic amines is 1. The third-order valence-corrected chi connectivity index (χ3v) is 11.8. The fourth-order valence-electron chi connectivity index (χ4n) is 8.29. The Balaban J connectivity index is 1.12. The van der Waals surface area contributed by atoms with Crippen molar-refractivity contribution in [3.63, 3.8) is 0 Å². The molecule has 0 bridgehead atoms. The number of benzene rings is 4. The molecule has 3 atom stereocenters. The molecular weight excluding hydrogens is 787 g/mol. The van der Waals surface area contributed by atoms with Crippen molar-refractivity contribution < 1.29 is 33.4 Å². The van der Waals surface area contributed by atoms with Crippen molar-refractivity contribution in [2.45, 2.75) is 66.2 Å². The fourth-order valence-corrected chi connectivity index (χ4v) is 8.29. The first kappa shape index (κ1) is 43.3. The predicted octanol–water partition coefficient (Wildman–Crippen LogP) is 8.12. The van der Waals surface area contributed by atoms with Crippen LogP contribution in [0.5, 0.6) is 5.75 Å². The number of ether oxygens (including phenoxy) is 3. The zero-order valence-corrected chi connectivity index (χ0v) is 36.4. The highest BCUT2D eigenvalue weighted by Gasteiger charge is 2.42. The van der Waals surface area contributed by atoms with E-state index in [1.165, 1.54) is 14.2 Å². The summed E-state index contributed by atoms with van der Waals surface area (Å²) < 4.78 is 16.0. The monoisotopic (exact) mass is 841 g/mol. The molecule has 4 N–H and O–H groups in total. The second-order valence-corrected chi connectivity index (χ2v) is 15.8. The molecule has 7 rings (SSSR count). The van der Waals surface area contributed by atoms with Crippen LogP contribution in [0.4, 0.5) is 9.59 Å². The van der Waals surface area contributed by atoms with Crippen LogP contribution in [0.3, 0.4) is 0 Å². The lowest BCUT2D eigenvalue weighted by Gasteiger charge is -2.45. The minimum atomic E-state index is -0.911. The molecule has 4 aromatic carbocycles. The number of rotatable bonds is 14. The number of nitrogens with zero attached hydrogens (tertiary/aromatic N) is 3. The lowest BCUT2D eigenvalue weighted by atomic mass is 9.89. The lowest BCUT2D eigenvalue weighted by molar-refractivity contribution is -0.142. The van der Waals surface area contributed by atoms with Crippen molar-refractivity contribution in [2.75, 3.05) is 40.4 Å². The summed E-state index contributed by atoms with van der Waals surface area (Å²) in [6, 6.07) is 22.7. The molecule has 324 valence electrons. The van der Waals surface area contributed by atoms with Crippen LogP contribution >= 0.6 is 0 Å². The van der Waals surface area contributed by atoms with Crippen LogP contribution in [0, 0.1) is 5.92 Å². The number of nitrogens with one attached hydrogen (secondary N) is 4. The molecule has 0 aliphatic carbocycles. The zero-order valence-electron chi connectivity index (χ0n) is 36.4. The molecule has 1 fully saturated rings. The van der Waals surface area contributed by atoms with E-state index >= 15 is 0 Å². The largest absolute Gasteiger partial charge is 0.488 e. The summed E-state index contributed by atoms with van der Waals surface area (Å²) in [6.45, 7) is 11.9. The summed E-state index contributed by atoms with van der Waals surface area (Å²) in [5.74, 6) is 1.23. The third kappa shape index (κ3) is 8.81. The molecule has 5 aromatic rings. The normalized spacial score (nSPS) is 16.5. The Hall–Kier alpha value is -6.83. The van der Waals surface area contributed by atoms with Gasteiger partial charge in [0.2, 0.25) is 11.8 Å². The molecule has 14 nitrogen and oxygen atoms in total. The predicted molar refractivity (Wildman–Crippen MR) is 239 cm³/mol. The van der Waals surface area contributed by atoms with Gasteiger partial charge >= 0.3 is 12.2 Å². The van der Waals surface area contributed by atoms with Crippen molar-refractivity contribution in [1.82, 2.24) is 35.7 Å². The number of carbonyl (C=O) groups excluding carboxylic acids is 4. The molecule has 1 aromatic heterocycles. The molecule has 1 unspecified atom stereocenters. The van der Waals surface area contributed by atoms with Crippen molar-refractivity contribution in [1.29, 1.82) is 0 Å². The number of allylic oxidation sites excluding steroid dienone is 2. The van der Waals surface area contributed by atoms with E-state index < -0.39 is 18.2 Å². The quantitative estimate of drug-likeness (QED) is 0.0864. The minimum absolute atomic E-state index is 0.149. The van der Waals surface area contributed by atoms with E-state index in [2.05, 4.69) is 82.8 Å². The lowest BCUT2D eigenvalue weighted by Crippen LogP contribution is -2.54. The highest BCUT2D eigenvalue weighted by Crippen LogP contribution is 2.43. The number of likely N-dealkylation sites (tertiary alicyclic amines) is 1. The van der Waals surface area contributed by atoms with Gasteiger partial charge in [-0.15, -0.1) is 0 Å². The van der Waals surface area contributed by atoms with E-state index in [4.69, 9.17) is 14.5 Å². The molecule has 14 heteroatoms. The van der Waals surface area contributed by atoms with Crippen LogP contribution in [0.2, 0.25) is 0 Å². The van der Waals surface area contributed by atoms with E-state index in [0.29, 0.717) is 37.6 Å². The van der Waals surface area contributed by atoms with Gasteiger partial charge in [-0.1, -0.05) is 81.0 Å². The Labute approximate surface area is 361 Å². The van der Waals surface area contributed by atoms with Crippen molar-refractivity contribution >= 4 is 51.5 Å². The van der Waals surface area contributed by atoms with Gasteiger partial charge in [-0.25, -0.2) is 14.6 Å². The zero-order chi connectivity index (χ0) is 44.1. The number of carbonyl (C=O) groups is 4. The maximum atomic E-state index is 14.2. The summed E-state index contributed by atoms with van der Waals surface area (Å²) in [5.41, 5.74) is 9.35. The summed E-state index contributed by atoms with van der Waals surface area (Å²) >= 11 is 0. The molecule has 0 spiro atoms.